The minimum Gasteiger partial charge on any atom is -0.372 e. The first-order valence-corrected chi connectivity index (χ1v) is 7.49. The van der Waals surface area contributed by atoms with E-state index in [1.54, 1.807) is 0 Å². The highest BCUT2D eigenvalue weighted by Crippen LogP contribution is 2.14. The minimum absolute atomic E-state index is 0.151. The highest BCUT2D eigenvalue weighted by molar-refractivity contribution is 4.62. The zero-order valence-electron chi connectivity index (χ0n) is 12.9. The fraction of sp³-hybridized carbons (Fsp3) is 1.00. The molecular formula is C14H29F3N2O. The van der Waals surface area contributed by atoms with Crippen molar-refractivity contribution in [2.24, 2.45) is 0 Å². The molecule has 1 N–H and O–H groups in total. The molecule has 0 aliphatic carbocycles. The van der Waals surface area contributed by atoms with Crippen LogP contribution >= 0.6 is 0 Å². The lowest BCUT2D eigenvalue weighted by atomic mass is 10.1. The van der Waals surface area contributed by atoms with Gasteiger partial charge in [0.2, 0.25) is 0 Å². The second-order valence-corrected chi connectivity index (χ2v) is 5.05. The van der Waals surface area contributed by atoms with Crippen molar-refractivity contribution in [1.82, 2.24) is 10.2 Å². The van der Waals surface area contributed by atoms with E-state index in [4.69, 9.17) is 0 Å². The van der Waals surface area contributed by atoms with Gasteiger partial charge in [0.25, 0.3) is 0 Å². The van der Waals surface area contributed by atoms with E-state index in [9.17, 15) is 13.2 Å². The predicted octanol–water partition coefficient (Wildman–Crippen LogP) is 3.06. The van der Waals surface area contributed by atoms with Crippen LogP contribution in [0.5, 0.6) is 0 Å². The fourth-order valence-electron chi connectivity index (χ4n) is 1.97. The number of alkyl halides is 3. The molecule has 1 atom stereocenters. The zero-order valence-corrected chi connectivity index (χ0v) is 12.9. The topological polar surface area (TPSA) is 24.5 Å². The molecule has 0 rings (SSSR count). The summed E-state index contributed by atoms with van der Waals surface area (Å²) in [6, 6.07) is 0.396. The molecule has 0 heterocycles. The van der Waals surface area contributed by atoms with Gasteiger partial charge < -0.3 is 15.0 Å². The van der Waals surface area contributed by atoms with Gasteiger partial charge in [-0.2, -0.15) is 13.2 Å². The Labute approximate surface area is 120 Å². The first kappa shape index (κ1) is 19.7. The summed E-state index contributed by atoms with van der Waals surface area (Å²) in [6.07, 6.45) is -1.39. The van der Waals surface area contributed by atoms with Gasteiger partial charge in [-0.25, -0.2) is 0 Å². The molecule has 0 spiro atoms. The van der Waals surface area contributed by atoms with Gasteiger partial charge in [-0.15, -0.1) is 0 Å². The van der Waals surface area contributed by atoms with Crippen LogP contribution in [0.4, 0.5) is 13.2 Å². The zero-order chi connectivity index (χ0) is 15.4. The van der Waals surface area contributed by atoms with Gasteiger partial charge in [0.1, 0.15) is 6.61 Å². The molecule has 1 unspecified atom stereocenters. The minimum atomic E-state index is -4.22. The number of ether oxygens (including phenoxy) is 1. The molecular weight excluding hydrogens is 269 g/mol. The summed E-state index contributed by atoms with van der Waals surface area (Å²) in [6.45, 7) is 9.39. The quantitative estimate of drug-likeness (QED) is 0.560. The summed E-state index contributed by atoms with van der Waals surface area (Å²) in [5, 5.41) is 3.31. The van der Waals surface area contributed by atoms with E-state index in [-0.39, 0.29) is 6.61 Å². The predicted molar refractivity (Wildman–Crippen MR) is 76.0 cm³/mol. The summed E-state index contributed by atoms with van der Waals surface area (Å²) in [7, 11) is 0. The molecule has 0 aromatic carbocycles. The third-order valence-corrected chi connectivity index (χ3v) is 3.23. The molecule has 0 saturated carbocycles. The summed E-state index contributed by atoms with van der Waals surface area (Å²) < 4.78 is 40.0. The molecule has 0 aliphatic rings. The monoisotopic (exact) mass is 298 g/mol. The van der Waals surface area contributed by atoms with E-state index >= 15 is 0 Å². The summed E-state index contributed by atoms with van der Waals surface area (Å²) in [4.78, 5) is 2.39. The van der Waals surface area contributed by atoms with Crippen LogP contribution in [-0.4, -0.2) is 56.5 Å². The van der Waals surface area contributed by atoms with Gasteiger partial charge in [0.15, 0.2) is 0 Å². The highest BCUT2D eigenvalue weighted by atomic mass is 19.4. The Morgan fingerprint density at radius 1 is 1.15 bits per heavy atom. The van der Waals surface area contributed by atoms with Crippen LogP contribution in [0.2, 0.25) is 0 Å². The fourth-order valence-corrected chi connectivity index (χ4v) is 1.97. The average molecular weight is 298 g/mol. The van der Waals surface area contributed by atoms with Crippen molar-refractivity contribution in [1.29, 1.82) is 0 Å². The number of nitrogens with zero attached hydrogens (tertiary/aromatic N) is 1. The molecule has 0 saturated heterocycles. The lowest BCUT2D eigenvalue weighted by molar-refractivity contribution is -0.173. The molecule has 0 fully saturated rings. The Bertz CT molecular complexity index is 221. The van der Waals surface area contributed by atoms with Gasteiger partial charge in [0.05, 0.1) is 0 Å². The normalized spacial score (nSPS) is 13.9. The van der Waals surface area contributed by atoms with E-state index in [2.05, 4.69) is 35.7 Å². The van der Waals surface area contributed by atoms with E-state index in [1.807, 2.05) is 0 Å². The SMILES string of the molecule is CCN(CC)CCCC(C)NCCCOCC(F)(F)F. The molecule has 0 radical (unpaired) electrons. The molecule has 6 heteroatoms. The Morgan fingerprint density at radius 2 is 1.80 bits per heavy atom. The lowest BCUT2D eigenvalue weighted by Gasteiger charge is -2.19. The van der Waals surface area contributed by atoms with Crippen LogP contribution in [0.1, 0.15) is 40.0 Å². The van der Waals surface area contributed by atoms with Crippen molar-refractivity contribution in [3.8, 4) is 0 Å². The van der Waals surface area contributed by atoms with Gasteiger partial charge >= 0.3 is 6.18 Å². The van der Waals surface area contributed by atoms with Gasteiger partial charge in [-0.3, -0.25) is 0 Å². The van der Waals surface area contributed by atoms with Crippen LogP contribution in [0, 0.1) is 0 Å². The largest absolute Gasteiger partial charge is 0.411 e. The number of nitrogens with one attached hydrogen (secondary N) is 1. The Balaban J connectivity index is 3.39. The second-order valence-electron chi connectivity index (χ2n) is 5.05. The van der Waals surface area contributed by atoms with Gasteiger partial charge in [-0.05, 0) is 52.4 Å². The van der Waals surface area contributed by atoms with Crippen LogP contribution < -0.4 is 5.32 Å². The number of rotatable bonds is 12. The summed E-state index contributed by atoms with van der Waals surface area (Å²) in [5.41, 5.74) is 0. The molecule has 0 bridgehead atoms. The van der Waals surface area contributed by atoms with Crippen LogP contribution in [0.3, 0.4) is 0 Å². The highest BCUT2D eigenvalue weighted by Gasteiger charge is 2.27. The maximum absolute atomic E-state index is 11.8. The van der Waals surface area contributed by atoms with E-state index < -0.39 is 12.8 Å². The molecule has 0 aromatic heterocycles. The summed E-state index contributed by atoms with van der Waals surface area (Å²) >= 11 is 0. The smallest absolute Gasteiger partial charge is 0.372 e. The van der Waals surface area contributed by atoms with E-state index in [0.29, 0.717) is 19.0 Å². The number of hydrogen-bond donors (Lipinski definition) is 1. The first-order chi connectivity index (χ1) is 9.39. The van der Waals surface area contributed by atoms with Crippen molar-refractivity contribution in [2.75, 3.05) is 39.4 Å². The van der Waals surface area contributed by atoms with E-state index in [1.165, 1.54) is 0 Å². The van der Waals surface area contributed by atoms with Crippen molar-refractivity contribution in [3.63, 3.8) is 0 Å². The molecule has 0 aliphatic heterocycles. The maximum Gasteiger partial charge on any atom is 0.411 e. The van der Waals surface area contributed by atoms with Crippen LogP contribution in [-0.2, 0) is 4.74 Å². The second kappa shape index (κ2) is 11.3. The van der Waals surface area contributed by atoms with Crippen LogP contribution in [0.25, 0.3) is 0 Å². The van der Waals surface area contributed by atoms with Crippen molar-refractivity contribution in [2.45, 2.75) is 52.3 Å². The number of hydrogen-bond acceptors (Lipinski definition) is 3. The molecule has 3 nitrogen and oxygen atoms in total. The Kier molecular flexibility index (Phi) is 11.2. The molecule has 20 heavy (non-hydrogen) atoms. The average Bonchev–Trinajstić information content (AvgIpc) is 2.37. The third kappa shape index (κ3) is 12.7. The lowest BCUT2D eigenvalue weighted by Crippen LogP contribution is -2.30. The van der Waals surface area contributed by atoms with Gasteiger partial charge in [0, 0.05) is 12.6 Å². The third-order valence-electron chi connectivity index (χ3n) is 3.23. The summed E-state index contributed by atoms with van der Waals surface area (Å²) in [5.74, 6) is 0. The standard InChI is InChI=1S/C14H29F3N2O/c1-4-19(5-2)10-6-8-13(3)18-9-7-11-20-12-14(15,16)17/h13,18H,4-12H2,1-3H3. The van der Waals surface area contributed by atoms with Crippen molar-refractivity contribution in [3.05, 3.63) is 0 Å². The van der Waals surface area contributed by atoms with Crippen LogP contribution in [0.15, 0.2) is 0 Å². The van der Waals surface area contributed by atoms with E-state index in [0.717, 1.165) is 32.5 Å². The Morgan fingerprint density at radius 3 is 2.35 bits per heavy atom. The molecule has 0 aromatic rings. The molecule has 122 valence electrons. The van der Waals surface area contributed by atoms with Gasteiger partial charge in [-0.1, -0.05) is 13.8 Å². The van der Waals surface area contributed by atoms with Crippen molar-refractivity contribution < 1.29 is 17.9 Å². The number of halogens is 3. The van der Waals surface area contributed by atoms with Crippen molar-refractivity contribution >= 4 is 0 Å². The Hall–Kier alpha value is -0.330. The first-order valence-electron chi connectivity index (χ1n) is 7.49. The molecule has 0 amide bonds. The maximum atomic E-state index is 11.8.